The summed E-state index contributed by atoms with van der Waals surface area (Å²) in [6, 6.07) is 1.56. The monoisotopic (exact) mass is 280 g/mol. The summed E-state index contributed by atoms with van der Waals surface area (Å²) in [5.74, 6) is -0.804. The molecular weight excluding hydrogens is 260 g/mol. The highest BCUT2D eigenvalue weighted by Gasteiger charge is 2.39. The molecular formula is C13H20N4O3. The van der Waals surface area contributed by atoms with Crippen molar-refractivity contribution in [2.45, 2.75) is 32.2 Å². The Morgan fingerprint density at radius 1 is 1.45 bits per heavy atom. The number of hydrogen-bond donors (Lipinski definition) is 3. The zero-order valence-electron chi connectivity index (χ0n) is 11.6. The molecule has 1 aromatic heterocycles. The van der Waals surface area contributed by atoms with Gasteiger partial charge in [-0.05, 0) is 24.3 Å². The van der Waals surface area contributed by atoms with Crippen LogP contribution in [0.15, 0.2) is 12.3 Å². The molecule has 2 rings (SSSR count). The van der Waals surface area contributed by atoms with Crippen molar-refractivity contribution in [3.05, 3.63) is 18.0 Å². The van der Waals surface area contributed by atoms with Crippen LogP contribution in [0.3, 0.4) is 0 Å². The van der Waals surface area contributed by atoms with Crippen LogP contribution in [0, 0.1) is 5.41 Å². The van der Waals surface area contributed by atoms with Gasteiger partial charge in [-0.25, -0.2) is 4.79 Å². The highest BCUT2D eigenvalue weighted by Crippen LogP contribution is 2.43. The molecule has 1 fully saturated rings. The largest absolute Gasteiger partial charge is 0.481 e. The maximum absolute atomic E-state index is 11.7. The van der Waals surface area contributed by atoms with Crippen LogP contribution in [0.4, 0.5) is 4.79 Å². The molecule has 7 heteroatoms. The molecule has 0 saturated heterocycles. The third kappa shape index (κ3) is 3.49. The second-order valence-electron chi connectivity index (χ2n) is 5.41. The van der Waals surface area contributed by atoms with E-state index in [0.29, 0.717) is 13.1 Å². The predicted octanol–water partition coefficient (Wildman–Crippen LogP) is 0.864. The number of aromatic nitrogens is 2. The van der Waals surface area contributed by atoms with E-state index in [4.69, 9.17) is 5.11 Å². The number of urea groups is 1. The van der Waals surface area contributed by atoms with Crippen molar-refractivity contribution in [1.82, 2.24) is 20.4 Å². The average Bonchev–Trinajstić information content (AvgIpc) is 2.75. The summed E-state index contributed by atoms with van der Waals surface area (Å²) in [6.07, 6.45) is 4.55. The van der Waals surface area contributed by atoms with E-state index in [1.807, 2.05) is 13.1 Å². The van der Waals surface area contributed by atoms with Crippen LogP contribution in [0.25, 0.3) is 0 Å². The van der Waals surface area contributed by atoms with Crippen LogP contribution in [0.1, 0.15) is 31.4 Å². The lowest BCUT2D eigenvalue weighted by molar-refractivity contribution is -0.141. The number of hydrogen-bond acceptors (Lipinski definition) is 3. The molecule has 0 aliphatic heterocycles. The van der Waals surface area contributed by atoms with Crippen molar-refractivity contribution in [3.63, 3.8) is 0 Å². The van der Waals surface area contributed by atoms with Crippen LogP contribution in [0.5, 0.6) is 0 Å². The van der Waals surface area contributed by atoms with Crippen LogP contribution in [0.2, 0.25) is 0 Å². The lowest BCUT2D eigenvalue weighted by Crippen LogP contribution is -2.46. The molecule has 0 unspecified atom stereocenters. The minimum Gasteiger partial charge on any atom is -0.481 e. The maximum atomic E-state index is 11.7. The third-order valence-electron chi connectivity index (χ3n) is 3.92. The van der Waals surface area contributed by atoms with Gasteiger partial charge in [-0.1, -0.05) is 6.42 Å². The highest BCUT2D eigenvalue weighted by atomic mass is 16.4. The van der Waals surface area contributed by atoms with Crippen molar-refractivity contribution < 1.29 is 14.7 Å². The zero-order valence-corrected chi connectivity index (χ0v) is 11.6. The van der Waals surface area contributed by atoms with Crippen LogP contribution >= 0.6 is 0 Å². The summed E-state index contributed by atoms with van der Waals surface area (Å²) in [6.45, 7) is 0.810. The number of aryl methyl sites for hydroxylation is 1. The van der Waals surface area contributed by atoms with Gasteiger partial charge in [-0.2, -0.15) is 5.10 Å². The van der Waals surface area contributed by atoms with E-state index in [9.17, 15) is 9.59 Å². The Labute approximate surface area is 117 Å². The van der Waals surface area contributed by atoms with Gasteiger partial charge < -0.3 is 15.7 Å². The number of carbonyl (C=O) groups is 2. The Balaban J connectivity index is 1.74. The van der Waals surface area contributed by atoms with Crippen molar-refractivity contribution >= 4 is 12.0 Å². The summed E-state index contributed by atoms with van der Waals surface area (Å²) in [7, 11) is 1.81. The number of nitrogens with zero attached hydrogens (tertiary/aromatic N) is 2. The van der Waals surface area contributed by atoms with Crippen LogP contribution in [-0.4, -0.2) is 33.4 Å². The van der Waals surface area contributed by atoms with Crippen molar-refractivity contribution in [2.75, 3.05) is 6.54 Å². The number of carboxylic acids is 1. The minimum atomic E-state index is -0.804. The van der Waals surface area contributed by atoms with E-state index in [1.54, 1.807) is 10.9 Å². The first kappa shape index (κ1) is 14.4. The summed E-state index contributed by atoms with van der Waals surface area (Å²) in [4.78, 5) is 22.6. The SMILES string of the molecule is Cn1nccc1CNC(=O)NCC1(CC(=O)O)CCC1. The van der Waals surface area contributed by atoms with Crippen LogP contribution in [-0.2, 0) is 18.4 Å². The summed E-state index contributed by atoms with van der Waals surface area (Å²) in [5.41, 5.74) is 0.652. The van der Waals surface area contributed by atoms with E-state index >= 15 is 0 Å². The topological polar surface area (TPSA) is 96.3 Å². The summed E-state index contributed by atoms with van der Waals surface area (Å²) < 4.78 is 1.69. The van der Waals surface area contributed by atoms with Crippen molar-refractivity contribution in [2.24, 2.45) is 12.5 Å². The molecule has 3 N–H and O–H groups in total. The molecule has 0 atom stereocenters. The van der Waals surface area contributed by atoms with E-state index in [-0.39, 0.29) is 17.9 Å². The molecule has 1 heterocycles. The number of aliphatic carboxylic acids is 1. The smallest absolute Gasteiger partial charge is 0.315 e. The first-order valence-corrected chi connectivity index (χ1v) is 6.71. The lowest BCUT2D eigenvalue weighted by Gasteiger charge is -2.40. The van der Waals surface area contributed by atoms with E-state index in [1.165, 1.54) is 0 Å². The number of carboxylic acid groups (broad SMARTS) is 1. The number of rotatable bonds is 6. The molecule has 20 heavy (non-hydrogen) atoms. The van der Waals surface area contributed by atoms with E-state index in [2.05, 4.69) is 15.7 Å². The normalized spacial score (nSPS) is 16.2. The molecule has 1 aliphatic rings. The number of nitrogens with one attached hydrogen (secondary N) is 2. The third-order valence-corrected chi connectivity index (χ3v) is 3.92. The maximum Gasteiger partial charge on any atom is 0.315 e. The Morgan fingerprint density at radius 2 is 2.20 bits per heavy atom. The molecule has 0 radical (unpaired) electrons. The predicted molar refractivity (Wildman–Crippen MR) is 72.0 cm³/mol. The molecule has 2 amide bonds. The molecule has 1 aliphatic carbocycles. The Hall–Kier alpha value is -2.05. The zero-order chi connectivity index (χ0) is 14.6. The van der Waals surface area contributed by atoms with Gasteiger partial charge in [0.2, 0.25) is 0 Å². The first-order valence-electron chi connectivity index (χ1n) is 6.71. The van der Waals surface area contributed by atoms with E-state index in [0.717, 1.165) is 25.0 Å². The van der Waals surface area contributed by atoms with Gasteiger partial charge in [0.1, 0.15) is 0 Å². The van der Waals surface area contributed by atoms with Gasteiger partial charge in [0.15, 0.2) is 0 Å². The number of carbonyl (C=O) groups excluding carboxylic acids is 1. The van der Waals surface area contributed by atoms with Crippen molar-refractivity contribution in [3.8, 4) is 0 Å². The summed E-state index contributed by atoms with van der Waals surface area (Å²) >= 11 is 0. The highest BCUT2D eigenvalue weighted by molar-refractivity contribution is 5.74. The minimum absolute atomic E-state index is 0.120. The van der Waals surface area contributed by atoms with Gasteiger partial charge in [-0.3, -0.25) is 9.48 Å². The van der Waals surface area contributed by atoms with Gasteiger partial charge in [-0.15, -0.1) is 0 Å². The molecule has 7 nitrogen and oxygen atoms in total. The van der Waals surface area contributed by atoms with Gasteiger partial charge in [0.05, 0.1) is 18.7 Å². The number of amides is 2. The first-order chi connectivity index (χ1) is 9.51. The molecule has 1 saturated carbocycles. The lowest BCUT2D eigenvalue weighted by atomic mass is 9.66. The van der Waals surface area contributed by atoms with E-state index < -0.39 is 5.97 Å². The summed E-state index contributed by atoms with van der Waals surface area (Å²) in [5, 5.41) is 18.4. The molecule has 0 bridgehead atoms. The Kier molecular flexibility index (Phi) is 4.26. The standard InChI is InChI=1S/C13H20N4O3/c1-17-10(3-6-16-17)8-14-12(20)15-9-13(4-2-5-13)7-11(18)19/h3,6H,2,4-5,7-9H2,1H3,(H,18,19)(H2,14,15,20). The quantitative estimate of drug-likeness (QED) is 0.720. The van der Waals surface area contributed by atoms with Gasteiger partial charge in [0.25, 0.3) is 0 Å². The van der Waals surface area contributed by atoms with Crippen LogP contribution < -0.4 is 10.6 Å². The Bertz CT molecular complexity index is 494. The Morgan fingerprint density at radius 3 is 2.70 bits per heavy atom. The fraction of sp³-hybridized carbons (Fsp3) is 0.615. The van der Waals surface area contributed by atoms with Gasteiger partial charge >= 0.3 is 12.0 Å². The molecule has 0 spiro atoms. The molecule has 110 valence electrons. The van der Waals surface area contributed by atoms with Gasteiger partial charge in [0, 0.05) is 19.8 Å². The fourth-order valence-electron chi connectivity index (χ4n) is 2.49. The second kappa shape index (κ2) is 5.94. The fourth-order valence-corrected chi connectivity index (χ4v) is 2.49. The molecule has 1 aromatic rings. The second-order valence-corrected chi connectivity index (χ2v) is 5.41. The average molecular weight is 280 g/mol. The molecule has 0 aromatic carbocycles. The van der Waals surface area contributed by atoms with Crippen molar-refractivity contribution in [1.29, 1.82) is 0 Å².